The van der Waals surface area contributed by atoms with E-state index in [2.05, 4.69) is 25.8 Å². The molecular weight excluding hydrogens is 467 g/mol. The standard InChI is InChI=1S/C25H27FN6O4/c1-17-4-3-5-19(12-17)29-23(33)16-36-21-7-6-18(13-22(21)34-2)14-28-31-25-27-15-20(26)24(30-25)32-8-10-35-11-9-32/h3-7,12-15H,8-11,16H2,1-2H3,(H,29,33)(H,27,30,31)/b28-14+. The Kier molecular flexibility index (Phi) is 8.24. The number of ether oxygens (including phenoxy) is 3. The molecule has 1 amide bonds. The monoisotopic (exact) mass is 494 g/mol. The number of hydrogen-bond donors (Lipinski definition) is 2. The molecule has 1 fully saturated rings. The summed E-state index contributed by atoms with van der Waals surface area (Å²) < 4.78 is 30.5. The summed E-state index contributed by atoms with van der Waals surface area (Å²) in [5, 5.41) is 6.93. The zero-order chi connectivity index (χ0) is 25.3. The Balaban J connectivity index is 1.34. The van der Waals surface area contributed by atoms with E-state index in [0.717, 1.165) is 11.8 Å². The summed E-state index contributed by atoms with van der Waals surface area (Å²) in [5.74, 6) is 0.447. The molecule has 0 saturated carbocycles. The molecule has 1 aromatic heterocycles. The third-order valence-corrected chi connectivity index (χ3v) is 5.26. The second-order valence-corrected chi connectivity index (χ2v) is 7.95. The Morgan fingerprint density at radius 2 is 2.06 bits per heavy atom. The van der Waals surface area contributed by atoms with Crippen molar-refractivity contribution < 1.29 is 23.4 Å². The van der Waals surface area contributed by atoms with Crippen molar-refractivity contribution >= 4 is 29.6 Å². The molecule has 1 aliphatic rings. The molecule has 0 aliphatic carbocycles. The number of hydrazone groups is 1. The lowest BCUT2D eigenvalue weighted by Crippen LogP contribution is -2.37. The van der Waals surface area contributed by atoms with Crippen LogP contribution in [0.15, 0.2) is 53.8 Å². The van der Waals surface area contributed by atoms with Crippen molar-refractivity contribution in [1.82, 2.24) is 9.97 Å². The number of anilines is 3. The molecule has 0 atom stereocenters. The lowest BCUT2D eigenvalue weighted by Gasteiger charge is -2.27. The van der Waals surface area contributed by atoms with Gasteiger partial charge >= 0.3 is 0 Å². The van der Waals surface area contributed by atoms with Gasteiger partial charge in [-0.05, 0) is 48.4 Å². The Morgan fingerprint density at radius 1 is 1.22 bits per heavy atom. The average molecular weight is 495 g/mol. The molecule has 0 unspecified atom stereocenters. The van der Waals surface area contributed by atoms with Crippen LogP contribution in [0.2, 0.25) is 0 Å². The van der Waals surface area contributed by atoms with E-state index < -0.39 is 5.82 Å². The van der Waals surface area contributed by atoms with Gasteiger partial charge in [-0.3, -0.25) is 4.79 Å². The van der Waals surface area contributed by atoms with Gasteiger partial charge in [0.1, 0.15) is 0 Å². The van der Waals surface area contributed by atoms with Crippen molar-refractivity contribution in [2.24, 2.45) is 5.10 Å². The van der Waals surface area contributed by atoms with E-state index in [-0.39, 0.29) is 24.3 Å². The number of hydrogen-bond acceptors (Lipinski definition) is 9. The number of aromatic nitrogens is 2. The van der Waals surface area contributed by atoms with Crippen LogP contribution < -0.4 is 25.1 Å². The van der Waals surface area contributed by atoms with Crippen molar-refractivity contribution in [3.05, 3.63) is 65.6 Å². The molecule has 36 heavy (non-hydrogen) atoms. The fourth-order valence-corrected chi connectivity index (χ4v) is 3.52. The van der Waals surface area contributed by atoms with E-state index in [0.29, 0.717) is 49.1 Å². The molecule has 2 aromatic carbocycles. The molecule has 2 heterocycles. The Labute approximate surface area is 208 Å². The number of benzene rings is 2. The van der Waals surface area contributed by atoms with Crippen LogP contribution in [0.25, 0.3) is 0 Å². The number of methoxy groups -OCH3 is 1. The number of nitrogens with one attached hydrogen (secondary N) is 2. The highest BCUT2D eigenvalue weighted by Gasteiger charge is 2.17. The molecule has 10 nitrogen and oxygen atoms in total. The summed E-state index contributed by atoms with van der Waals surface area (Å²) >= 11 is 0. The predicted molar refractivity (Wildman–Crippen MR) is 135 cm³/mol. The van der Waals surface area contributed by atoms with Crippen molar-refractivity contribution in [3.63, 3.8) is 0 Å². The highest BCUT2D eigenvalue weighted by Crippen LogP contribution is 2.27. The van der Waals surface area contributed by atoms with Crippen molar-refractivity contribution in [2.45, 2.75) is 6.92 Å². The minimum atomic E-state index is -0.501. The summed E-state index contributed by atoms with van der Waals surface area (Å²) in [7, 11) is 1.51. The zero-order valence-electron chi connectivity index (χ0n) is 20.0. The molecule has 3 aromatic rings. The average Bonchev–Trinajstić information content (AvgIpc) is 2.89. The molecule has 0 spiro atoms. The number of amides is 1. The van der Waals surface area contributed by atoms with Crippen LogP contribution in [-0.4, -0.2) is 62.1 Å². The summed E-state index contributed by atoms with van der Waals surface area (Å²) in [6.45, 7) is 3.92. The first kappa shape index (κ1) is 24.9. The summed E-state index contributed by atoms with van der Waals surface area (Å²) in [5.41, 5.74) is 5.17. The molecule has 11 heteroatoms. The van der Waals surface area contributed by atoms with Gasteiger partial charge in [0, 0.05) is 18.8 Å². The minimum absolute atomic E-state index is 0.167. The van der Waals surface area contributed by atoms with Gasteiger partial charge in [0.05, 0.1) is 32.7 Å². The van der Waals surface area contributed by atoms with Crippen molar-refractivity contribution in [3.8, 4) is 11.5 Å². The zero-order valence-corrected chi connectivity index (χ0v) is 20.0. The van der Waals surface area contributed by atoms with Gasteiger partial charge in [-0.1, -0.05) is 12.1 Å². The number of carbonyl (C=O) groups is 1. The summed E-state index contributed by atoms with van der Waals surface area (Å²) in [4.78, 5) is 22.2. The number of aryl methyl sites for hydroxylation is 1. The lowest BCUT2D eigenvalue weighted by atomic mass is 10.2. The largest absolute Gasteiger partial charge is 0.493 e. The highest BCUT2D eigenvalue weighted by atomic mass is 19.1. The van der Waals surface area contributed by atoms with Crippen LogP contribution >= 0.6 is 0 Å². The van der Waals surface area contributed by atoms with Gasteiger partial charge in [0.15, 0.2) is 29.7 Å². The van der Waals surface area contributed by atoms with Gasteiger partial charge in [0.2, 0.25) is 5.95 Å². The van der Waals surface area contributed by atoms with Crippen LogP contribution in [0.1, 0.15) is 11.1 Å². The van der Waals surface area contributed by atoms with E-state index >= 15 is 0 Å². The topological polar surface area (TPSA) is 110 Å². The first-order chi connectivity index (χ1) is 17.5. The molecule has 1 aliphatic heterocycles. The predicted octanol–water partition coefficient (Wildman–Crippen LogP) is 3.23. The molecule has 4 rings (SSSR count). The second kappa shape index (κ2) is 11.9. The van der Waals surface area contributed by atoms with Gasteiger partial charge in [0.25, 0.3) is 5.91 Å². The number of halogens is 1. The number of morpholine rings is 1. The van der Waals surface area contributed by atoms with Crippen LogP contribution in [0, 0.1) is 12.7 Å². The van der Waals surface area contributed by atoms with E-state index in [1.807, 2.05) is 31.2 Å². The van der Waals surface area contributed by atoms with Crippen LogP contribution in [-0.2, 0) is 9.53 Å². The molecule has 188 valence electrons. The lowest BCUT2D eigenvalue weighted by molar-refractivity contribution is -0.118. The normalized spacial score (nSPS) is 13.5. The molecular formula is C25H27FN6O4. The number of rotatable bonds is 9. The van der Waals surface area contributed by atoms with Gasteiger partial charge in [-0.2, -0.15) is 10.1 Å². The fraction of sp³-hybridized carbons (Fsp3) is 0.280. The maximum absolute atomic E-state index is 14.2. The molecule has 0 bridgehead atoms. The van der Waals surface area contributed by atoms with E-state index in [9.17, 15) is 9.18 Å². The second-order valence-electron chi connectivity index (χ2n) is 7.95. The quantitative estimate of drug-likeness (QED) is 0.345. The molecule has 1 saturated heterocycles. The Bertz CT molecular complexity index is 1230. The highest BCUT2D eigenvalue weighted by molar-refractivity contribution is 5.92. The van der Waals surface area contributed by atoms with Crippen LogP contribution in [0.5, 0.6) is 11.5 Å². The summed E-state index contributed by atoms with van der Waals surface area (Å²) in [6.07, 6.45) is 2.65. The van der Waals surface area contributed by atoms with Crippen molar-refractivity contribution in [1.29, 1.82) is 0 Å². The third-order valence-electron chi connectivity index (χ3n) is 5.26. The third kappa shape index (κ3) is 6.66. The number of nitrogens with zero attached hydrogens (tertiary/aromatic N) is 4. The minimum Gasteiger partial charge on any atom is -0.493 e. The summed E-state index contributed by atoms with van der Waals surface area (Å²) in [6, 6.07) is 12.7. The van der Waals surface area contributed by atoms with E-state index in [4.69, 9.17) is 14.2 Å². The SMILES string of the molecule is COc1cc(/C=N/Nc2ncc(F)c(N3CCOCC3)n2)ccc1OCC(=O)Nc1cccc(C)c1. The van der Waals surface area contributed by atoms with Gasteiger partial charge < -0.3 is 24.4 Å². The van der Waals surface area contributed by atoms with Crippen molar-refractivity contribution in [2.75, 3.05) is 55.7 Å². The molecule has 2 N–H and O–H groups in total. The first-order valence-corrected chi connectivity index (χ1v) is 11.3. The number of carbonyl (C=O) groups excluding carboxylic acids is 1. The van der Waals surface area contributed by atoms with Gasteiger partial charge in [-0.15, -0.1) is 0 Å². The van der Waals surface area contributed by atoms with Crippen LogP contribution in [0.4, 0.5) is 21.8 Å². The smallest absolute Gasteiger partial charge is 0.262 e. The Hall–Kier alpha value is -4.25. The van der Waals surface area contributed by atoms with E-state index in [1.54, 1.807) is 23.1 Å². The maximum atomic E-state index is 14.2. The van der Waals surface area contributed by atoms with Crippen LogP contribution in [0.3, 0.4) is 0 Å². The van der Waals surface area contributed by atoms with Gasteiger partial charge in [-0.25, -0.2) is 14.8 Å². The first-order valence-electron chi connectivity index (χ1n) is 11.3. The maximum Gasteiger partial charge on any atom is 0.262 e. The molecule has 0 radical (unpaired) electrons. The van der Waals surface area contributed by atoms with E-state index in [1.165, 1.54) is 13.3 Å². The fourth-order valence-electron chi connectivity index (χ4n) is 3.52. The Morgan fingerprint density at radius 3 is 2.83 bits per heavy atom.